The van der Waals surface area contributed by atoms with E-state index < -0.39 is 0 Å². The fraction of sp³-hybridized carbons (Fsp3) is 0.286. The van der Waals surface area contributed by atoms with Crippen molar-refractivity contribution in [2.24, 2.45) is 0 Å². The van der Waals surface area contributed by atoms with E-state index in [0.29, 0.717) is 24.2 Å². The fourth-order valence-corrected chi connectivity index (χ4v) is 2.36. The summed E-state index contributed by atoms with van der Waals surface area (Å²) < 4.78 is 15.8. The SMILES string of the molecule is N#Cc1ccc(F)c(CN2CCn3ccnc3C2)c1. The Labute approximate surface area is 110 Å². The van der Waals surface area contributed by atoms with E-state index in [1.165, 1.54) is 12.1 Å². The maximum Gasteiger partial charge on any atom is 0.127 e. The molecule has 2 heterocycles. The zero-order valence-electron chi connectivity index (χ0n) is 10.4. The average molecular weight is 256 g/mol. The van der Waals surface area contributed by atoms with E-state index in [0.717, 1.165) is 18.9 Å². The van der Waals surface area contributed by atoms with Gasteiger partial charge in [-0.15, -0.1) is 0 Å². The molecule has 1 aliphatic heterocycles. The van der Waals surface area contributed by atoms with Gasteiger partial charge in [-0.05, 0) is 18.2 Å². The lowest BCUT2D eigenvalue weighted by Gasteiger charge is -2.27. The lowest BCUT2D eigenvalue weighted by atomic mass is 10.1. The van der Waals surface area contributed by atoms with Crippen molar-refractivity contribution in [3.8, 4) is 6.07 Å². The standard InChI is InChI=1S/C14H13FN4/c15-13-2-1-11(8-16)7-12(13)9-18-5-6-19-4-3-17-14(19)10-18/h1-4,7H,5-6,9-10H2. The molecule has 0 saturated heterocycles. The van der Waals surface area contributed by atoms with Crippen LogP contribution < -0.4 is 0 Å². The first-order valence-corrected chi connectivity index (χ1v) is 6.17. The molecule has 19 heavy (non-hydrogen) atoms. The summed E-state index contributed by atoms with van der Waals surface area (Å²) in [5.74, 6) is 0.746. The minimum Gasteiger partial charge on any atom is -0.333 e. The molecule has 0 amide bonds. The van der Waals surface area contributed by atoms with E-state index in [1.807, 2.05) is 12.3 Å². The van der Waals surface area contributed by atoms with Crippen molar-refractivity contribution in [3.05, 3.63) is 53.4 Å². The second kappa shape index (κ2) is 4.82. The van der Waals surface area contributed by atoms with Gasteiger partial charge in [0.05, 0.1) is 18.2 Å². The Hall–Kier alpha value is -2.19. The van der Waals surface area contributed by atoms with Crippen LogP contribution in [0.15, 0.2) is 30.6 Å². The van der Waals surface area contributed by atoms with Crippen molar-refractivity contribution in [2.75, 3.05) is 6.54 Å². The molecule has 1 aliphatic rings. The number of rotatable bonds is 2. The molecule has 1 aromatic carbocycles. The van der Waals surface area contributed by atoms with Crippen LogP contribution in [-0.4, -0.2) is 21.0 Å². The monoisotopic (exact) mass is 256 g/mol. The van der Waals surface area contributed by atoms with Crippen LogP contribution in [0.5, 0.6) is 0 Å². The summed E-state index contributed by atoms with van der Waals surface area (Å²) in [6.45, 7) is 2.95. The number of nitriles is 1. The summed E-state index contributed by atoms with van der Waals surface area (Å²) in [4.78, 5) is 6.42. The van der Waals surface area contributed by atoms with E-state index in [2.05, 4.69) is 14.5 Å². The molecule has 5 heteroatoms. The van der Waals surface area contributed by atoms with Crippen molar-refractivity contribution >= 4 is 0 Å². The van der Waals surface area contributed by atoms with Gasteiger partial charge in [-0.3, -0.25) is 4.90 Å². The summed E-state index contributed by atoms with van der Waals surface area (Å²) in [5.41, 5.74) is 1.06. The van der Waals surface area contributed by atoms with Crippen LogP contribution in [0.4, 0.5) is 4.39 Å². The molecule has 0 atom stereocenters. The molecule has 0 radical (unpaired) electrons. The maximum atomic E-state index is 13.7. The van der Waals surface area contributed by atoms with E-state index in [4.69, 9.17) is 5.26 Å². The third-order valence-electron chi connectivity index (χ3n) is 3.39. The van der Waals surface area contributed by atoms with Crippen LogP contribution in [-0.2, 0) is 19.6 Å². The molecular weight excluding hydrogens is 243 g/mol. The van der Waals surface area contributed by atoms with Gasteiger partial charge < -0.3 is 4.57 Å². The molecule has 0 saturated carbocycles. The van der Waals surface area contributed by atoms with E-state index in [9.17, 15) is 4.39 Å². The molecule has 0 fully saturated rings. The highest BCUT2D eigenvalue weighted by Gasteiger charge is 2.17. The highest BCUT2D eigenvalue weighted by atomic mass is 19.1. The first kappa shape index (κ1) is 11.9. The van der Waals surface area contributed by atoms with Crippen molar-refractivity contribution in [1.29, 1.82) is 5.26 Å². The summed E-state index contributed by atoms with van der Waals surface area (Å²) in [6, 6.07) is 6.52. The third-order valence-corrected chi connectivity index (χ3v) is 3.39. The highest BCUT2D eigenvalue weighted by molar-refractivity contribution is 5.33. The van der Waals surface area contributed by atoms with Crippen molar-refractivity contribution < 1.29 is 4.39 Å². The molecule has 4 nitrogen and oxygen atoms in total. The zero-order chi connectivity index (χ0) is 13.2. The van der Waals surface area contributed by atoms with Gasteiger partial charge in [0.15, 0.2) is 0 Å². The Kier molecular flexibility index (Phi) is 3.02. The number of hydrogen-bond acceptors (Lipinski definition) is 3. The summed E-state index contributed by atoms with van der Waals surface area (Å²) in [7, 11) is 0. The minimum absolute atomic E-state index is 0.257. The number of nitrogens with zero attached hydrogens (tertiary/aromatic N) is 4. The number of aromatic nitrogens is 2. The molecule has 0 N–H and O–H groups in total. The van der Waals surface area contributed by atoms with Crippen molar-refractivity contribution in [1.82, 2.24) is 14.5 Å². The van der Waals surface area contributed by atoms with E-state index in [-0.39, 0.29) is 5.82 Å². The van der Waals surface area contributed by atoms with Crippen molar-refractivity contribution in [2.45, 2.75) is 19.6 Å². The van der Waals surface area contributed by atoms with Crippen molar-refractivity contribution in [3.63, 3.8) is 0 Å². The van der Waals surface area contributed by atoms with Gasteiger partial charge in [0, 0.05) is 37.6 Å². The van der Waals surface area contributed by atoms with Crippen LogP contribution >= 0.6 is 0 Å². The molecular formula is C14H13FN4. The Morgan fingerprint density at radius 2 is 2.26 bits per heavy atom. The average Bonchev–Trinajstić information content (AvgIpc) is 2.89. The van der Waals surface area contributed by atoms with Crippen LogP contribution in [0.3, 0.4) is 0 Å². The lowest BCUT2D eigenvalue weighted by molar-refractivity contribution is 0.206. The lowest BCUT2D eigenvalue weighted by Crippen LogP contribution is -2.33. The normalized spacial score (nSPS) is 14.9. The van der Waals surface area contributed by atoms with Gasteiger partial charge >= 0.3 is 0 Å². The van der Waals surface area contributed by atoms with Gasteiger partial charge in [0.25, 0.3) is 0 Å². The molecule has 0 bridgehead atoms. The quantitative estimate of drug-likeness (QED) is 0.824. The molecule has 2 aromatic rings. The number of hydrogen-bond donors (Lipinski definition) is 0. The molecule has 0 unspecified atom stereocenters. The van der Waals surface area contributed by atoms with Gasteiger partial charge in [0.2, 0.25) is 0 Å². The minimum atomic E-state index is -0.257. The van der Waals surface area contributed by atoms with E-state index in [1.54, 1.807) is 12.3 Å². The van der Waals surface area contributed by atoms with Gasteiger partial charge in [0.1, 0.15) is 11.6 Å². The predicted molar refractivity (Wildman–Crippen MR) is 67.5 cm³/mol. The summed E-state index contributed by atoms with van der Waals surface area (Å²) >= 11 is 0. The molecule has 96 valence electrons. The molecule has 0 aliphatic carbocycles. The number of fused-ring (bicyclic) bond motifs is 1. The topological polar surface area (TPSA) is 44.9 Å². The summed E-state index contributed by atoms with van der Waals surface area (Å²) in [6.07, 6.45) is 3.75. The number of benzene rings is 1. The highest BCUT2D eigenvalue weighted by Crippen LogP contribution is 2.17. The first-order chi connectivity index (χ1) is 9.26. The van der Waals surface area contributed by atoms with Gasteiger partial charge in [-0.1, -0.05) is 0 Å². The van der Waals surface area contributed by atoms with Crippen LogP contribution in [0.1, 0.15) is 17.0 Å². The Balaban J connectivity index is 1.78. The zero-order valence-corrected chi connectivity index (χ0v) is 10.4. The van der Waals surface area contributed by atoms with E-state index >= 15 is 0 Å². The van der Waals surface area contributed by atoms with Crippen LogP contribution in [0.25, 0.3) is 0 Å². The Morgan fingerprint density at radius 3 is 3.11 bits per heavy atom. The Morgan fingerprint density at radius 1 is 1.37 bits per heavy atom. The number of imidazole rings is 1. The Bertz CT molecular complexity index is 641. The third kappa shape index (κ3) is 2.35. The first-order valence-electron chi connectivity index (χ1n) is 6.17. The predicted octanol–water partition coefficient (Wildman–Crippen LogP) is 1.91. The van der Waals surface area contributed by atoms with Gasteiger partial charge in [-0.25, -0.2) is 9.37 Å². The maximum absolute atomic E-state index is 13.7. The van der Waals surface area contributed by atoms with Crippen LogP contribution in [0, 0.1) is 17.1 Å². The smallest absolute Gasteiger partial charge is 0.127 e. The molecule has 0 spiro atoms. The molecule has 3 rings (SSSR count). The van der Waals surface area contributed by atoms with Crippen LogP contribution in [0.2, 0.25) is 0 Å². The van der Waals surface area contributed by atoms with Gasteiger partial charge in [-0.2, -0.15) is 5.26 Å². The fourth-order valence-electron chi connectivity index (χ4n) is 2.36. The summed E-state index contributed by atoms with van der Waals surface area (Å²) in [5, 5.41) is 8.86. The largest absolute Gasteiger partial charge is 0.333 e. The second-order valence-electron chi connectivity index (χ2n) is 4.67. The second-order valence-corrected chi connectivity index (χ2v) is 4.67. The molecule has 1 aromatic heterocycles. The number of halogens is 1.